The minimum absolute atomic E-state index is 0.125. The Morgan fingerprint density at radius 3 is 3.06 bits per heavy atom. The molecule has 0 amide bonds. The average molecular weight is 243 g/mol. The summed E-state index contributed by atoms with van der Waals surface area (Å²) in [5, 5.41) is 1.16. The van der Waals surface area contributed by atoms with Crippen LogP contribution in [0, 0.1) is 5.92 Å². The predicted molar refractivity (Wildman–Crippen MR) is 70.7 cm³/mol. The highest BCUT2D eigenvalue weighted by Gasteiger charge is 2.27. The van der Waals surface area contributed by atoms with Gasteiger partial charge in [-0.05, 0) is 24.1 Å². The molecule has 1 saturated heterocycles. The van der Waals surface area contributed by atoms with Gasteiger partial charge in [-0.3, -0.25) is 16.3 Å². The molecular weight excluding hydrogens is 226 g/mol. The lowest BCUT2D eigenvalue weighted by molar-refractivity contribution is 0.177. The molecule has 18 heavy (non-hydrogen) atoms. The molecule has 0 spiro atoms. The van der Waals surface area contributed by atoms with Gasteiger partial charge in [-0.2, -0.15) is 0 Å². The topological polar surface area (TPSA) is 60.2 Å². The quantitative estimate of drug-likeness (QED) is 0.637. The normalized spacial score (nSPS) is 21.3. The van der Waals surface area contributed by atoms with E-state index >= 15 is 0 Å². The van der Waals surface area contributed by atoms with Crippen LogP contribution in [0.4, 0.5) is 0 Å². The van der Waals surface area contributed by atoms with Gasteiger partial charge in [0.15, 0.2) is 0 Å². The molecule has 1 aliphatic rings. The van der Waals surface area contributed by atoms with Gasteiger partial charge in [-0.25, -0.2) is 0 Å². The van der Waals surface area contributed by atoms with Crippen LogP contribution in [0.1, 0.15) is 18.0 Å². The van der Waals surface area contributed by atoms with E-state index in [0.717, 1.165) is 30.5 Å². The van der Waals surface area contributed by atoms with Crippen LogP contribution in [0.2, 0.25) is 0 Å². The molecule has 2 atom stereocenters. The molecule has 0 saturated carbocycles. The first-order valence-electron chi connectivity index (χ1n) is 6.27. The number of nitrogens with two attached hydrogens (primary N) is 1. The molecule has 2 unspecified atom stereocenters. The smallest absolute Gasteiger partial charge is 0.0705 e. The van der Waals surface area contributed by atoms with E-state index in [0.29, 0.717) is 5.92 Å². The van der Waals surface area contributed by atoms with Crippen molar-refractivity contribution in [3.8, 4) is 0 Å². The van der Waals surface area contributed by atoms with E-state index in [1.807, 2.05) is 24.4 Å². The molecule has 2 heterocycles. The van der Waals surface area contributed by atoms with Gasteiger partial charge >= 0.3 is 0 Å². The average Bonchev–Trinajstić information content (AvgIpc) is 2.94. The minimum Gasteiger partial charge on any atom is -0.381 e. The van der Waals surface area contributed by atoms with Crippen LogP contribution in [-0.2, 0) is 4.74 Å². The zero-order valence-corrected chi connectivity index (χ0v) is 10.2. The molecule has 4 nitrogen and oxygen atoms in total. The van der Waals surface area contributed by atoms with Gasteiger partial charge in [-0.15, -0.1) is 0 Å². The summed E-state index contributed by atoms with van der Waals surface area (Å²) in [6, 6.07) is 10.4. The molecule has 3 rings (SSSR count). The summed E-state index contributed by atoms with van der Waals surface area (Å²) in [5.74, 6) is 6.18. The number of aromatic nitrogens is 1. The van der Waals surface area contributed by atoms with Crippen molar-refractivity contribution in [1.29, 1.82) is 0 Å². The number of rotatable bonds is 3. The van der Waals surface area contributed by atoms with Crippen molar-refractivity contribution in [2.75, 3.05) is 13.2 Å². The second-order valence-electron chi connectivity index (χ2n) is 4.69. The monoisotopic (exact) mass is 243 g/mol. The molecule has 0 bridgehead atoms. The second kappa shape index (κ2) is 5.02. The Hall–Kier alpha value is -1.49. The Morgan fingerprint density at radius 1 is 1.33 bits per heavy atom. The summed E-state index contributed by atoms with van der Waals surface area (Å²) in [6.45, 7) is 1.59. The Labute approximate surface area is 106 Å². The number of fused-ring (bicyclic) bond motifs is 1. The van der Waals surface area contributed by atoms with E-state index in [9.17, 15) is 0 Å². The number of hydrogen-bond donors (Lipinski definition) is 2. The molecular formula is C14H17N3O. The predicted octanol–water partition coefficient (Wildman–Crippen LogP) is 1.78. The third-order valence-electron chi connectivity index (χ3n) is 3.63. The molecule has 4 heteroatoms. The number of hydrogen-bond acceptors (Lipinski definition) is 4. The summed E-state index contributed by atoms with van der Waals surface area (Å²) < 4.78 is 5.46. The summed E-state index contributed by atoms with van der Waals surface area (Å²) in [6.07, 6.45) is 2.86. The maximum Gasteiger partial charge on any atom is 0.0705 e. The van der Waals surface area contributed by atoms with E-state index in [1.165, 1.54) is 5.56 Å². The van der Waals surface area contributed by atoms with E-state index in [-0.39, 0.29) is 6.04 Å². The lowest BCUT2D eigenvalue weighted by atomic mass is 9.90. The second-order valence-corrected chi connectivity index (χ2v) is 4.69. The first-order chi connectivity index (χ1) is 8.90. The van der Waals surface area contributed by atoms with Gasteiger partial charge < -0.3 is 4.74 Å². The van der Waals surface area contributed by atoms with Gasteiger partial charge in [-0.1, -0.05) is 18.2 Å². The third kappa shape index (κ3) is 1.99. The van der Waals surface area contributed by atoms with Crippen molar-refractivity contribution in [3.63, 3.8) is 0 Å². The lowest BCUT2D eigenvalue weighted by Crippen LogP contribution is -2.34. The van der Waals surface area contributed by atoms with E-state index < -0.39 is 0 Å². The summed E-state index contributed by atoms with van der Waals surface area (Å²) in [4.78, 5) is 4.39. The molecule has 1 aromatic carbocycles. The number of benzene rings is 1. The molecule has 3 N–H and O–H groups in total. The van der Waals surface area contributed by atoms with Crippen LogP contribution in [0.5, 0.6) is 0 Å². The maximum atomic E-state index is 5.75. The molecule has 94 valence electrons. The highest BCUT2D eigenvalue weighted by molar-refractivity contribution is 5.82. The molecule has 0 radical (unpaired) electrons. The van der Waals surface area contributed by atoms with E-state index in [2.05, 4.69) is 22.5 Å². The largest absolute Gasteiger partial charge is 0.381 e. The van der Waals surface area contributed by atoms with Gasteiger partial charge in [0, 0.05) is 24.1 Å². The van der Waals surface area contributed by atoms with Gasteiger partial charge in [0.1, 0.15) is 0 Å². The number of nitrogens with zero attached hydrogens (tertiary/aromatic N) is 1. The Morgan fingerprint density at radius 2 is 2.28 bits per heavy atom. The molecule has 1 aliphatic heterocycles. The fourth-order valence-electron chi connectivity index (χ4n) is 2.69. The Bertz CT molecular complexity index is 532. The first kappa shape index (κ1) is 11.6. The lowest BCUT2D eigenvalue weighted by Gasteiger charge is -2.23. The van der Waals surface area contributed by atoms with Crippen molar-refractivity contribution in [2.45, 2.75) is 12.5 Å². The van der Waals surface area contributed by atoms with E-state index in [1.54, 1.807) is 0 Å². The highest BCUT2D eigenvalue weighted by Crippen LogP contribution is 2.31. The fraction of sp³-hybridized carbons (Fsp3) is 0.357. The van der Waals surface area contributed by atoms with Crippen LogP contribution < -0.4 is 11.3 Å². The number of hydrazine groups is 1. The molecule has 1 aromatic heterocycles. The zero-order chi connectivity index (χ0) is 12.4. The van der Waals surface area contributed by atoms with Crippen molar-refractivity contribution < 1.29 is 4.74 Å². The summed E-state index contributed by atoms with van der Waals surface area (Å²) >= 11 is 0. The standard InChI is InChI=1S/C14H17N3O/c15-17-14(10-6-8-18-9-10)12-3-1-5-13-11(12)4-2-7-16-13/h1-5,7,10,14,17H,6,8-9,15H2. The zero-order valence-electron chi connectivity index (χ0n) is 10.2. The van der Waals surface area contributed by atoms with Crippen molar-refractivity contribution in [2.24, 2.45) is 11.8 Å². The minimum atomic E-state index is 0.125. The Balaban J connectivity index is 2.06. The molecule has 1 fully saturated rings. The van der Waals surface area contributed by atoms with Crippen molar-refractivity contribution in [3.05, 3.63) is 42.1 Å². The molecule has 2 aromatic rings. The van der Waals surface area contributed by atoms with Crippen LogP contribution in [0.15, 0.2) is 36.5 Å². The van der Waals surface area contributed by atoms with Crippen LogP contribution in [-0.4, -0.2) is 18.2 Å². The molecule has 0 aliphatic carbocycles. The third-order valence-corrected chi connectivity index (χ3v) is 3.63. The van der Waals surface area contributed by atoms with Crippen molar-refractivity contribution >= 4 is 10.9 Å². The van der Waals surface area contributed by atoms with Gasteiger partial charge in [0.2, 0.25) is 0 Å². The van der Waals surface area contributed by atoms with Gasteiger partial charge in [0.05, 0.1) is 18.2 Å². The summed E-state index contributed by atoms with van der Waals surface area (Å²) in [5.41, 5.74) is 5.16. The number of pyridine rings is 1. The van der Waals surface area contributed by atoms with Crippen LogP contribution >= 0.6 is 0 Å². The van der Waals surface area contributed by atoms with Crippen LogP contribution in [0.25, 0.3) is 10.9 Å². The number of nitrogens with one attached hydrogen (secondary N) is 1. The maximum absolute atomic E-state index is 5.75. The van der Waals surface area contributed by atoms with Gasteiger partial charge in [0.25, 0.3) is 0 Å². The van der Waals surface area contributed by atoms with Crippen LogP contribution in [0.3, 0.4) is 0 Å². The number of ether oxygens (including phenoxy) is 1. The highest BCUT2D eigenvalue weighted by atomic mass is 16.5. The first-order valence-corrected chi connectivity index (χ1v) is 6.27. The fourth-order valence-corrected chi connectivity index (χ4v) is 2.69. The SMILES string of the molecule is NNC(c1cccc2ncccc12)C1CCOC1. The Kier molecular flexibility index (Phi) is 3.23. The summed E-state index contributed by atoms with van der Waals surface area (Å²) in [7, 11) is 0. The van der Waals surface area contributed by atoms with E-state index in [4.69, 9.17) is 10.6 Å². The van der Waals surface area contributed by atoms with Crippen molar-refractivity contribution in [1.82, 2.24) is 10.4 Å².